The van der Waals surface area contributed by atoms with Gasteiger partial charge in [0.05, 0.1) is 6.54 Å². The molecule has 3 heterocycles. The number of alkyl halides is 3. The van der Waals surface area contributed by atoms with E-state index in [9.17, 15) is 18.0 Å². The zero-order valence-corrected chi connectivity index (χ0v) is 13.6. The number of aryl methyl sites for hydroxylation is 1. The molecule has 1 aliphatic carbocycles. The van der Waals surface area contributed by atoms with Gasteiger partial charge in [0, 0.05) is 31.3 Å². The molecule has 2 aromatic rings. The Balaban J connectivity index is 1.57. The predicted molar refractivity (Wildman–Crippen MR) is 79.7 cm³/mol. The van der Waals surface area contributed by atoms with Crippen molar-refractivity contribution in [2.45, 2.75) is 45.5 Å². The van der Waals surface area contributed by atoms with Gasteiger partial charge in [-0.25, -0.2) is 4.98 Å². The van der Waals surface area contributed by atoms with E-state index in [0.29, 0.717) is 12.5 Å². The molecule has 2 aromatic heterocycles. The van der Waals surface area contributed by atoms with E-state index in [-0.39, 0.29) is 30.5 Å². The highest BCUT2D eigenvalue weighted by Crippen LogP contribution is 2.31. The van der Waals surface area contributed by atoms with Gasteiger partial charge in [-0.3, -0.25) is 4.79 Å². The van der Waals surface area contributed by atoms with Gasteiger partial charge in [0.1, 0.15) is 11.6 Å². The van der Waals surface area contributed by atoms with Crippen molar-refractivity contribution < 1.29 is 22.5 Å². The van der Waals surface area contributed by atoms with Gasteiger partial charge in [-0.15, -0.1) is 0 Å². The number of imidazole rings is 1. The highest BCUT2D eigenvalue weighted by atomic mass is 19.4. The highest BCUT2D eigenvalue weighted by molar-refractivity contribution is 5.94. The molecule has 1 unspecified atom stereocenters. The molecule has 1 aliphatic heterocycles. The van der Waals surface area contributed by atoms with Crippen LogP contribution in [0, 0.1) is 5.92 Å². The van der Waals surface area contributed by atoms with Crippen molar-refractivity contribution in [2.24, 2.45) is 5.92 Å². The summed E-state index contributed by atoms with van der Waals surface area (Å²) in [4.78, 5) is 17.9. The number of rotatable bonds is 1. The minimum atomic E-state index is -4.49. The highest BCUT2D eigenvalue weighted by Gasteiger charge is 2.37. The average molecular weight is 354 g/mol. The predicted octanol–water partition coefficient (Wildman–Crippen LogP) is 2.67. The Morgan fingerprint density at radius 1 is 1.36 bits per heavy atom. The van der Waals surface area contributed by atoms with Gasteiger partial charge >= 0.3 is 6.18 Å². The van der Waals surface area contributed by atoms with Crippen molar-refractivity contribution >= 4 is 5.91 Å². The van der Waals surface area contributed by atoms with Crippen LogP contribution >= 0.6 is 0 Å². The van der Waals surface area contributed by atoms with Crippen molar-refractivity contribution in [3.05, 3.63) is 34.7 Å². The number of aromatic nitrogens is 3. The molecule has 2 aliphatic rings. The molecule has 0 fully saturated rings. The van der Waals surface area contributed by atoms with Crippen molar-refractivity contribution in [3.8, 4) is 0 Å². The van der Waals surface area contributed by atoms with Crippen LogP contribution in [0.1, 0.15) is 46.7 Å². The smallest absolute Gasteiger partial charge is 0.360 e. The number of hydrogen-bond donors (Lipinski definition) is 0. The maximum atomic E-state index is 12.8. The van der Waals surface area contributed by atoms with E-state index < -0.39 is 11.9 Å². The molecule has 0 saturated carbocycles. The molecule has 0 radical (unpaired) electrons. The van der Waals surface area contributed by atoms with Crippen LogP contribution in [0.15, 0.2) is 10.7 Å². The van der Waals surface area contributed by atoms with Gasteiger partial charge in [0.25, 0.3) is 5.91 Å². The molecule has 0 spiro atoms. The van der Waals surface area contributed by atoms with Gasteiger partial charge in [0.15, 0.2) is 11.4 Å². The van der Waals surface area contributed by atoms with Crippen molar-refractivity contribution in [1.29, 1.82) is 0 Å². The molecule has 1 atom stereocenters. The topological polar surface area (TPSA) is 64.2 Å². The van der Waals surface area contributed by atoms with Crippen LogP contribution in [-0.2, 0) is 32.1 Å². The number of fused-ring (bicyclic) bond motifs is 2. The second-order valence-corrected chi connectivity index (χ2v) is 6.74. The minimum absolute atomic E-state index is 0.0338. The molecule has 1 amide bonds. The second-order valence-electron chi connectivity index (χ2n) is 6.74. The summed E-state index contributed by atoms with van der Waals surface area (Å²) < 4.78 is 45.1. The zero-order chi connectivity index (χ0) is 17.8. The number of nitrogens with zero attached hydrogens (tertiary/aromatic N) is 4. The molecular formula is C16H17F3N4O2. The fraction of sp³-hybridized carbons (Fsp3) is 0.562. The third kappa shape index (κ3) is 2.81. The molecular weight excluding hydrogens is 337 g/mol. The molecule has 9 heteroatoms. The van der Waals surface area contributed by atoms with Gasteiger partial charge in [-0.1, -0.05) is 12.1 Å². The lowest BCUT2D eigenvalue weighted by molar-refractivity contribution is -0.141. The van der Waals surface area contributed by atoms with E-state index in [1.54, 1.807) is 0 Å². The summed E-state index contributed by atoms with van der Waals surface area (Å²) in [7, 11) is 0. The molecule has 4 rings (SSSR count). The summed E-state index contributed by atoms with van der Waals surface area (Å²) in [5, 5.41) is 3.93. The van der Waals surface area contributed by atoms with E-state index in [2.05, 4.69) is 17.1 Å². The Bertz CT molecular complexity index is 824. The quantitative estimate of drug-likeness (QED) is 0.790. The molecule has 0 bridgehead atoms. The van der Waals surface area contributed by atoms with Crippen LogP contribution < -0.4 is 0 Å². The summed E-state index contributed by atoms with van der Waals surface area (Å²) >= 11 is 0. The van der Waals surface area contributed by atoms with E-state index in [1.165, 1.54) is 9.47 Å². The Labute approximate surface area is 141 Å². The summed E-state index contributed by atoms with van der Waals surface area (Å²) in [5.41, 5.74) is 0.204. The largest absolute Gasteiger partial charge is 0.434 e. The van der Waals surface area contributed by atoms with Crippen LogP contribution in [0.3, 0.4) is 0 Å². The zero-order valence-electron chi connectivity index (χ0n) is 13.6. The summed E-state index contributed by atoms with van der Waals surface area (Å²) in [6.07, 6.45) is -0.995. The Hall–Kier alpha value is -2.32. The molecule has 0 N–H and O–H groups in total. The number of carbonyl (C=O) groups excluding carboxylic acids is 1. The van der Waals surface area contributed by atoms with Gasteiger partial charge < -0.3 is 14.0 Å². The molecule has 0 aromatic carbocycles. The number of carbonyl (C=O) groups is 1. The maximum absolute atomic E-state index is 12.8. The normalized spacial score (nSPS) is 20.3. The van der Waals surface area contributed by atoms with Gasteiger partial charge in [-0.05, 0) is 18.8 Å². The van der Waals surface area contributed by atoms with Crippen LogP contribution in [0.2, 0.25) is 0 Å². The Kier molecular flexibility index (Phi) is 3.62. The molecule has 0 saturated heterocycles. The first-order valence-corrected chi connectivity index (χ1v) is 8.23. The van der Waals surface area contributed by atoms with Crippen LogP contribution in [0.25, 0.3) is 0 Å². The Morgan fingerprint density at radius 3 is 2.92 bits per heavy atom. The van der Waals surface area contributed by atoms with E-state index in [4.69, 9.17) is 4.52 Å². The number of amides is 1. The fourth-order valence-corrected chi connectivity index (χ4v) is 3.46. The standard InChI is InChI=1S/C16H17F3N4O2/c1-9-2-3-11-10(6-9)14(21-25-11)15(24)23-5-4-22-7-12(16(17,18)19)20-13(22)8-23/h7,9H,2-6,8H2,1H3. The van der Waals surface area contributed by atoms with Crippen LogP contribution in [-0.4, -0.2) is 32.1 Å². The number of halogens is 3. The van der Waals surface area contributed by atoms with Crippen molar-refractivity contribution in [2.75, 3.05) is 6.54 Å². The van der Waals surface area contributed by atoms with Crippen LogP contribution in [0.5, 0.6) is 0 Å². The van der Waals surface area contributed by atoms with E-state index in [0.717, 1.165) is 36.8 Å². The Morgan fingerprint density at radius 2 is 2.16 bits per heavy atom. The maximum Gasteiger partial charge on any atom is 0.434 e. The number of hydrogen-bond acceptors (Lipinski definition) is 4. The lowest BCUT2D eigenvalue weighted by Crippen LogP contribution is -2.39. The van der Waals surface area contributed by atoms with Gasteiger partial charge in [-0.2, -0.15) is 13.2 Å². The lowest BCUT2D eigenvalue weighted by atomic mass is 9.88. The van der Waals surface area contributed by atoms with Crippen LogP contribution in [0.4, 0.5) is 13.2 Å². The fourth-order valence-electron chi connectivity index (χ4n) is 3.46. The minimum Gasteiger partial charge on any atom is -0.360 e. The van der Waals surface area contributed by atoms with Gasteiger partial charge in [0.2, 0.25) is 0 Å². The summed E-state index contributed by atoms with van der Waals surface area (Å²) in [6.45, 7) is 2.74. The third-order valence-corrected chi connectivity index (χ3v) is 4.87. The molecule has 25 heavy (non-hydrogen) atoms. The average Bonchev–Trinajstić information content (AvgIpc) is 3.16. The SMILES string of the molecule is CC1CCc2onc(C(=O)N3CCn4cc(C(F)(F)F)nc4C3)c2C1. The first kappa shape index (κ1) is 16.2. The monoisotopic (exact) mass is 354 g/mol. The lowest BCUT2D eigenvalue weighted by Gasteiger charge is -2.27. The van der Waals surface area contributed by atoms with E-state index in [1.807, 2.05) is 0 Å². The summed E-state index contributed by atoms with van der Waals surface area (Å²) in [6, 6.07) is 0. The van der Waals surface area contributed by atoms with E-state index >= 15 is 0 Å². The van der Waals surface area contributed by atoms with Crippen molar-refractivity contribution in [1.82, 2.24) is 19.6 Å². The van der Waals surface area contributed by atoms with Crippen molar-refractivity contribution in [3.63, 3.8) is 0 Å². The third-order valence-electron chi connectivity index (χ3n) is 4.87. The summed E-state index contributed by atoms with van der Waals surface area (Å²) in [5.74, 6) is 1.13. The first-order valence-electron chi connectivity index (χ1n) is 8.23. The molecule has 6 nitrogen and oxygen atoms in total. The molecule has 134 valence electrons. The second kappa shape index (κ2) is 5.60. The first-order chi connectivity index (χ1) is 11.8.